The van der Waals surface area contributed by atoms with E-state index < -0.39 is 0 Å². The summed E-state index contributed by atoms with van der Waals surface area (Å²) in [4.78, 5) is 5.93. The molecule has 1 aromatic heterocycles. The monoisotopic (exact) mass is 242 g/mol. The number of hydrogen-bond donors (Lipinski definition) is 1. The van der Waals surface area contributed by atoms with E-state index in [0.717, 1.165) is 24.5 Å². The molecule has 1 heterocycles. The lowest BCUT2D eigenvalue weighted by atomic mass is 10.2. The van der Waals surface area contributed by atoms with Crippen molar-refractivity contribution in [3.8, 4) is 0 Å². The Morgan fingerprint density at radius 1 is 1.44 bits per heavy atom. The highest BCUT2D eigenvalue weighted by molar-refractivity contribution is 7.11. The van der Waals surface area contributed by atoms with Crippen LogP contribution in [0.5, 0.6) is 0 Å². The van der Waals surface area contributed by atoms with Gasteiger partial charge in [-0.25, -0.2) is 4.98 Å². The van der Waals surface area contributed by atoms with E-state index >= 15 is 0 Å². The van der Waals surface area contributed by atoms with Crippen LogP contribution in [0.15, 0.2) is 0 Å². The van der Waals surface area contributed by atoms with Gasteiger partial charge in [-0.05, 0) is 18.9 Å². The summed E-state index contributed by atoms with van der Waals surface area (Å²) >= 11 is 1.76. The molecule has 0 amide bonds. The van der Waals surface area contributed by atoms with Gasteiger partial charge in [0.05, 0.1) is 12.3 Å². The van der Waals surface area contributed by atoms with E-state index in [1.807, 2.05) is 0 Å². The predicted molar refractivity (Wildman–Crippen MR) is 68.7 cm³/mol. The Morgan fingerprint density at radius 3 is 2.75 bits per heavy atom. The highest BCUT2D eigenvalue weighted by atomic mass is 32.1. The van der Waals surface area contributed by atoms with E-state index in [9.17, 15) is 0 Å². The summed E-state index contributed by atoms with van der Waals surface area (Å²) in [5, 5.41) is 4.54. The zero-order chi connectivity index (χ0) is 12.0. The summed E-state index contributed by atoms with van der Waals surface area (Å²) in [5.41, 5.74) is 1.22. The molecule has 0 atom stereocenters. The molecule has 1 rings (SSSR count). The van der Waals surface area contributed by atoms with Gasteiger partial charge in [-0.15, -0.1) is 11.3 Å². The number of nitrogens with zero attached hydrogens (tertiary/aromatic N) is 1. The van der Waals surface area contributed by atoms with E-state index in [1.54, 1.807) is 18.4 Å². The molecule has 3 nitrogen and oxygen atoms in total. The standard InChI is InChI=1S/C12H22N2OS/c1-5-10-11(7-13-6-9(2)3)16-12(14-10)8-15-4/h9,13H,5-8H2,1-4H3. The van der Waals surface area contributed by atoms with Crippen LogP contribution in [0.1, 0.15) is 36.3 Å². The number of methoxy groups -OCH3 is 1. The highest BCUT2D eigenvalue weighted by Gasteiger charge is 2.09. The minimum atomic E-state index is 0.627. The van der Waals surface area contributed by atoms with Crippen molar-refractivity contribution < 1.29 is 4.74 Å². The van der Waals surface area contributed by atoms with Crippen molar-refractivity contribution >= 4 is 11.3 Å². The molecule has 4 heteroatoms. The third-order valence-electron chi connectivity index (χ3n) is 2.26. The summed E-state index contributed by atoms with van der Waals surface area (Å²) in [7, 11) is 1.71. The van der Waals surface area contributed by atoms with Crippen LogP contribution in [-0.2, 0) is 24.3 Å². The molecule has 92 valence electrons. The SMILES string of the molecule is CCc1nc(COC)sc1CNCC(C)C. The van der Waals surface area contributed by atoms with Crippen LogP contribution in [0.25, 0.3) is 0 Å². The first-order valence-corrected chi connectivity index (χ1v) is 6.66. The van der Waals surface area contributed by atoms with Crippen molar-refractivity contribution in [3.05, 3.63) is 15.6 Å². The lowest BCUT2D eigenvalue weighted by Crippen LogP contribution is -2.18. The first-order valence-electron chi connectivity index (χ1n) is 5.84. The van der Waals surface area contributed by atoms with Gasteiger partial charge in [0, 0.05) is 18.5 Å². The van der Waals surface area contributed by atoms with Crippen LogP contribution in [-0.4, -0.2) is 18.6 Å². The van der Waals surface area contributed by atoms with E-state index in [1.165, 1.54) is 10.6 Å². The number of aromatic nitrogens is 1. The molecule has 0 bridgehead atoms. The molecule has 1 aromatic rings. The third-order valence-corrected chi connectivity index (χ3v) is 3.33. The van der Waals surface area contributed by atoms with Gasteiger partial charge in [-0.1, -0.05) is 20.8 Å². The zero-order valence-electron chi connectivity index (χ0n) is 10.7. The fourth-order valence-electron chi connectivity index (χ4n) is 1.51. The number of hydrogen-bond acceptors (Lipinski definition) is 4. The maximum Gasteiger partial charge on any atom is 0.119 e. The van der Waals surface area contributed by atoms with Gasteiger partial charge < -0.3 is 10.1 Å². The quantitative estimate of drug-likeness (QED) is 0.798. The number of nitrogens with one attached hydrogen (secondary N) is 1. The molecule has 0 unspecified atom stereocenters. The molecule has 1 N–H and O–H groups in total. The molecule has 0 aliphatic carbocycles. The third kappa shape index (κ3) is 4.20. The first kappa shape index (κ1) is 13.6. The number of ether oxygens (including phenoxy) is 1. The normalized spacial score (nSPS) is 11.3. The van der Waals surface area contributed by atoms with Gasteiger partial charge >= 0.3 is 0 Å². The second-order valence-electron chi connectivity index (χ2n) is 4.29. The Morgan fingerprint density at radius 2 is 2.19 bits per heavy atom. The highest BCUT2D eigenvalue weighted by Crippen LogP contribution is 2.19. The summed E-state index contributed by atoms with van der Waals surface area (Å²) < 4.78 is 5.11. The Hall–Kier alpha value is -0.450. The van der Waals surface area contributed by atoms with Gasteiger partial charge in [0.15, 0.2) is 0 Å². The maximum atomic E-state index is 5.11. The largest absolute Gasteiger partial charge is 0.378 e. The second-order valence-corrected chi connectivity index (χ2v) is 5.46. The lowest BCUT2D eigenvalue weighted by Gasteiger charge is -2.06. The molecule has 0 radical (unpaired) electrons. The van der Waals surface area contributed by atoms with Crippen LogP contribution in [0.4, 0.5) is 0 Å². The van der Waals surface area contributed by atoms with Crippen molar-refractivity contribution in [1.29, 1.82) is 0 Å². The van der Waals surface area contributed by atoms with Gasteiger partial charge in [-0.2, -0.15) is 0 Å². The maximum absolute atomic E-state index is 5.11. The topological polar surface area (TPSA) is 34.1 Å². The molecule has 0 fully saturated rings. The smallest absolute Gasteiger partial charge is 0.119 e. The van der Waals surface area contributed by atoms with Crippen LogP contribution in [0.2, 0.25) is 0 Å². The lowest BCUT2D eigenvalue weighted by molar-refractivity contribution is 0.184. The molecule has 0 saturated heterocycles. The molecular formula is C12H22N2OS. The fraction of sp³-hybridized carbons (Fsp3) is 0.750. The van der Waals surface area contributed by atoms with E-state index in [2.05, 4.69) is 31.1 Å². The number of thiazole rings is 1. The van der Waals surface area contributed by atoms with Gasteiger partial charge in [0.25, 0.3) is 0 Å². The zero-order valence-corrected chi connectivity index (χ0v) is 11.5. The Balaban J connectivity index is 2.55. The number of rotatable bonds is 7. The second kappa shape index (κ2) is 6.99. The average Bonchev–Trinajstić information content (AvgIpc) is 2.60. The van der Waals surface area contributed by atoms with Crippen molar-refractivity contribution in [2.45, 2.75) is 40.3 Å². The van der Waals surface area contributed by atoms with Crippen molar-refractivity contribution in [2.24, 2.45) is 5.92 Å². The number of aryl methyl sites for hydroxylation is 1. The van der Waals surface area contributed by atoms with E-state index in [-0.39, 0.29) is 0 Å². The molecule has 0 saturated carbocycles. The van der Waals surface area contributed by atoms with Crippen molar-refractivity contribution in [2.75, 3.05) is 13.7 Å². The van der Waals surface area contributed by atoms with Crippen molar-refractivity contribution in [3.63, 3.8) is 0 Å². The van der Waals surface area contributed by atoms with Gasteiger partial charge in [-0.3, -0.25) is 0 Å². The molecule has 0 aliphatic rings. The van der Waals surface area contributed by atoms with E-state index in [0.29, 0.717) is 12.5 Å². The minimum Gasteiger partial charge on any atom is -0.378 e. The molecule has 0 aromatic carbocycles. The summed E-state index contributed by atoms with van der Waals surface area (Å²) in [6, 6.07) is 0. The Bertz CT molecular complexity index is 310. The van der Waals surface area contributed by atoms with Gasteiger partial charge in [0.2, 0.25) is 0 Å². The van der Waals surface area contributed by atoms with Crippen LogP contribution in [0, 0.1) is 5.92 Å². The van der Waals surface area contributed by atoms with Crippen LogP contribution >= 0.6 is 11.3 Å². The summed E-state index contributed by atoms with van der Waals surface area (Å²) in [6.45, 7) is 9.20. The summed E-state index contributed by atoms with van der Waals surface area (Å²) in [6.07, 6.45) is 0.999. The first-order chi connectivity index (χ1) is 7.67. The van der Waals surface area contributed by atoms with E-state index in [4.69, 9.17) is 4.74 Å². The Kier molecular flexibility index (Phi) is 5.95. The predicted octanol–water partition coefficient (Wildman–Crippen LogP) is 2.60. The molecule has 16 heavy (non-hydrogen) atoms. The van der Waals surface area contributed by atoms with Crippen LogP contribution < -0.4 is 5.32 Å². The van der Waals surface area contributed by atoms with Gasteiger partial charge in [0.1, 0.15) is 5.01 Å². The molecule has 0 aliphatic heterocycles. The molecular weight excluding hydrogens is 220 g/mol. The Labute approximate surface area is 102 Å². The van der Waals surface area contributed by atoms with Crippen molar-refractivity contribution in [1.82, 2.24) is 10.3 Å². The van der Waals surface area contributed by atoms with Crippen LogP contribution in [0.3, 0.4) is 0 Å². The summed E-state index contributed by atoms with van der Waals surface area (Å²) in [5.74, 6) is 0.691. The fourth-order valence-corrected chi connectivity index (χ4v) is 2.61. The average molecular weight is 242 g/mol. The molecule has 0 spiro atoms. The minimum absolute atomic E-state index is 0.627.